The van der Waals surface area contributed by atoms with Crippen LogP contribution in [0.2, 0.25) is 0 Å². The van der Waals surface area contributed by atoms with E-state index >= 15 is 0 Å². The number of nitrogens with one attached hydrogen (secondary N) is 1. The van der Waals surface area contributed by atoms with Crippen LogP contribution in [-0.4, -0.2) is 119 Å². The van der Waals surface area contributed by atoms with Crippen LogP contribution in [0.3, 0.4) is 0 Å². The summed E-state index contributed by atoms with van der Waals surface area (Å²) >= 11 is 0.963. The average molecular weight is 607 g/mol. The first-order valence-corrected chi connectivity index (χ1v) is 13.5. The van der Waals surface area contributed by atoms with E-state index in [0.717, 1.165) is 39.5 Å². The van der Waals surface area contributed by atoms with Crippen molar-refractivity contribution in [2.24, 2.45) is 0 Å². The Morgan fingerprint density at radius 3 is 1.95 bits per heavy atom. The smallest absolute Gasteiger partial charge is 0.303 e. The Kier molecular flexibility index (Phi) is 13.2. The molecule has 0 aliphatic carbocycles. The molecular formula is C24H34N2O14S. The van der Waals surface area contributed by atoms with Crippen LogP contribution < -0.4 is 5.32 Å². The number of carbonyl (C=O) groups is 5. The first-order valence-electron chi connectivity index (χ1n) is 12.4. The predicted octanol–water partition coefficient (Wildman–Crippen LogP) is -1.71. The first kappa shape index (κ1) is 34.2. The van der Waals surface area contributed by atoms with Crippen molar-refractivity contribution < 1.29 is 67.3 Å². The summed E-state index contributed by atoms with van der Waals surface area (Å²) in [5.74, 6) is -3.89. The van der Waals surface area contributed by atoms with Gasteiger partial charge in [-0.1, -0.05) is 0 Å². The van der Waals surface area contributed by atoms with E-state index in [1.54, 1.807) is 0 Å². The second kappa shape index (κ2) is 15.8. The van der Waals surface area contributed by atoms with Crippen molar-refractivity contribution in [3.63, 3.8) is 0 Å². The van der Waals surface area contributed by atoms with Crippen LogP contribution in [0, 0.1) is 11.3 Å². The third-order valence-corrected chi connectivity index (χ3v) is 6.80. The fraction of sp³-hybridized carbons (Fsp3) is 0.750. The van der Waals surface area contributed by atoms with Gasteiger partial charge in [0.05, 0.1) is 24.5 Å². The lowest BCUT2D eigenvalue weighted by Crippen LogP contribution is -2.68. The van der Waals surface area contributed by atoms with Gasteiger partial charge in [-0.25, -0.2) is 0 Å². The van der Waals surface area contributed by atoms with Gasteiger partial charge in [0.25, 0.3) is 0 Å². The van der Waals surface area contributed by atoms with Gasteiger partial charge in [-0.15, -0.1) is 11.8 Å². The fourth-order valence-electron chi connectivity index (χ4n) is 4.33. The molecule has 2 aliphatic heterocycles. The Bertz CT molecular complexity index is 1010. The summed E-state index contributed by atoms with van der Waals surface area (Å²) in [7, 11) is 0. The van der Waals surface area contributed by atoms with Gasteiger partial charge >= 0.3 is 23.9 Å². The number of ether oxygens (including phenoxy) is 7. The number of aliphatic hydroxyl groups excluding tert-OH is 2. The maximum Gasteiger partial charge on any atom is 0.303 e. The van der Waals surface area contributed by atoms with Gasteiger partial charge in [-0.2, -0.15) is 5.26 Å². The zero-order chi connectivity index (χ0) is 30.9. The molecule has 0 bridgehead atoms. The van der Waals surface area contributed by atoms with E-state index in [-0.39, 0.29) is 5.75 Å². The second-order valence-electron chi connectivity index (χ2n) is 9.08. The summed E-state index contributed by atoms with van der Waals surface area (Å²) in [5, 5.41) is 32.5. The van der Waals surface area contributed by atoms with Crippen molar-refractivity contribution >= 4 is 41.5 Å². The van der Waals surface area contributed by atoms with Crippen molar-refractivity contribution in [2.75, 3.05) is 19.0 Å². The van der Waals surface area contributed by atoms with Crippen LogP contribution in [0.1, 0.15) is 34.6 Å². The molecule has 230 valence electrons. The molecule has 8 unspecified atom stereocenters. The molecule has 10 atom stereocenters. The third kappa shape index (κ3) is 9.80. The van der Waals surface area contributed by atoms with Gasteiger partial charge in [0.1, 0.15) is 36.5 Å². The van der Waals surface area contributed by atoms with Crippen LogP contribution in [0.15, 0.2) is 0 Å². The Morgan fingerprint density at radius 2 is 1.44 bits per heavy atom. The largest absolute Gasteiger partial charge is 0.463 e. The molecule has 2 heterocycles. The molecular weight excluding hydrogens is 572 g/mol. The zero-order valence-electron chi connectivity index (χ0n) is 23.0. The van der Waals surface area contributed by atoms with Crippen molar-refractivity contribution in [1.82, 2.24) is 5.32 Å². The minimum Gasteiger partial charge on any atom is -0.463 e. The molecule has 16 nitrogen and oxygen atoms in total. The summed E-state index contributed by atoms with van der Waals surface area (Å²) in [6.45, 7) is 4.31. The van der Waals surface area contributed by atoms with Crippen molar-refractivity contribution in [3.8, 4) is 6.07 Å². The number of thioether (sulfide) groups is 1. The second-order valence-corrected chi connectivity index (χ2v) is 10.2. The highest BCUT2D eigenvalue weighted by Crippen LogP contribution is 2.35. The quantitative estimate of drug-likeness (QED) is 0.176. The Hall–Kier alpha value is -3.01. The van der Waals surface area contributed by atoms with E-state index in [0.29, 0.717) is 0 Å². The van der Waals surface area contributed by atoms with E-state index in [1.807, 2.05) is 6.07 Å². The standard InChI is InChI=1S/C24H34N2O14S/c1-10(28)26-17-20(18(33)15(8-27)39-24(17)41-7-6-25)40-23-22(37-14(5)32)21(36-13(4)31)19(35-12(3)30)16(38-23)9-34-11(2)29/h15-24,27,33H,7-9H2,1-5H3,(H,26,28)/t15?,16-,17?,18?,19?,20?,21?,22?,23-,24?/m0/s1. The highest BCUT2D eigenvalue weighted by molar-refractivity contribution is 8.00. The van der Waals surface area contributed by atoms with Gasteiger partial charge in [0.15, 0.2) is 24.6 Å². The van der Waals surface area contributed by atoms with E-state index in [9.17, 15) is 34.2 Å². The fourth-order valence-corrected chi connectivity index (χ4v) is 5.22. The number of amides is 1. The molecule has 1 amide bonds. The third-order valence-electron chi connectivity index (χ3n) is 5.78. The highest BCUT2D eigenvalue weighted by Gasteiger charge is 2.55. The molecule has 0 saturated carbocycles. The average Bonchev–Trinajstić information content (AvgIpc) is 2.86. The molecule has 2 saturated heterocycles. The number of esters is 4. The number of rotatable bonds is 11. The first-order chi connectivity index (χ1) is 19.3. The van der Waals surface area contributed by atoms with Crippen LogP contribution in [0.5, 0.6) is 0 Å². The van der Waals surface area contributed by atoms with Gasteiger partial charge in [0, 0.05) is 34.6 Å². The van der Waals surface area contributed by atoms with Crippen molar-refractivity contribution in [2.45, 2.75) is 95.1 Å². The predicted molar refractivity (Wildman–Crippen MR) is 134 cm³/mol. The summed E-state index contributed by atoms with van der Waals surface area (Å²) in [6, 6.07) is 0.793. The topological polar surface area (TPSA) is 226 Å². The Morgan fingerprint density at radius 1 is 0.854 bits per heavy atom. The summed E-state index contributed by atoms with van der Waals surface area (Å²) in [6.07, 6.45) is -11.8. The number of nitrogens with zero attached hydrogens (tertiary/aromatic N) is 1. The monoisotopic (exact) mass is 606 g/mol. The molecule has 41 heavy (non-hydrogen) atoms. The van der Waals surface area contributed by atoms with E-state index in [2.05, 4.69) is 5.32 Å². The molecule has 0 radical (unpaired) electrons. The molecule has 17 heteroatoms. The van der Waals surface area contributed by atoms with E-state index in [1.165, 1.54) is 6.92 Å². The van der Waals surface area contributed by atoms with Crippen LogP contribution >= 0.6 is 11.8 Å². The lowest BCUT2D eigenvalue weighted by molar-refractivity contribution is -0.332. The van der Waals surface area contributed by atoms with E-state index < -0.39 is 103 Å². The van der Waals surface area contributed by atoms with Gasteiger partial charge in [-0.3, -0.25) is 24.0 Å². The van der Waals surface area contributed by atoms with Crippen LogP contribution in [0.25, 0.3) is 0 Å². The molecule has 0 aromatic heterocycles. The molecule has 2 fully saturated rings. The highest BCUT2D eigenvalue weighted by atomic mass is 32.2. The molecule has 3 N–H and O–H groups in total. The summed E-state index contributed by atoms with van der Waals surface area (Å²) < 4.78 is 38.8. The minimum absolute atomic E-state index is 0.0826. The van der Waals surface area contributed by atoms with Gasteiger partial charge in [-0.05, 0) is 0 Å². The molecule has 0 aromatic rings. The van der Waals surface area contributed by atoms with Gasteiger partial charge < -0.3 is 48.7 Å². The maximum absolute atomic E-state index is 12.1. The lowest BCUT2D eigenvalue weighted by Gasteiger charge is -2.48. The number of aliphatic hydroxyl groups is 2. The normalized spacial score (nSPS) is 33.0. The summed E-state index contributed by atoms with van der Waals surface area (Å²) in [5.41, 5.74) is -0.991. The maximum atomic E-state index is 12.1. The molecule has 2 aliphatic rings. The molecule has 2 rings (SSSR count). The van der Waals surface area contributed by atoms with E-state index in [4.69, 9.17) is 38.4 Å². The van der Waals surface area contributed by atoms with Crippen molar-refractivity contribution in [1.29, 1.82) is 5.26 Å². The van der Waals surface area contributed by atoms with Crippen molar-refractivity contribution in [3.05, 3.63) is 0 Å². The SMILES string of the molecule is CC(=O)NC1C(SCC#N)OC(CO)C(O)C1O[C@@H]1O[C@@H](COC(C)=O)C(OC(C)=O)C(OC(C)=O)C1OC(C)=O. The lowest BCUT2D eigenvalue weighted by atomic mass is 9.95. The number of hydrogen-bond donors (Lipinski definition) is 3. The molecule has 0 aromatic carbocycles. The summed E-state index contributed by atoms with van der Waals surface area (Å²) in [4.78, 5) is 59.7. The van der Waals surface area contributed by atoms with Gasteiger partial charge in [0.2, 0.25) is 5.91 Å². The zero-order valence-corrected chi connectivity index (χ0v) is 23.9. The number of carbonyl (C=O) groups excluding carboxylic acids is 5. The Labute approximate surface area is 239 Å². The molecule has 0 spiro atoms. The number of nitriles is 1. The number of hydrogen-bond acceptors (Lipinski definition) is 16. The van der Waals surface area contributed by atoms with Crippen LogP contribution in [-0.2, 0) is 57.1 Å². The Balaban J connectivity index is 2.58. The minimum atomic E-state index is -1.68. The van der Waals surface area contributed by atoms with Crippen LogP contribution in [0.4, 0.5) is 0 Å².